The van der Waals surface area contributed by atoms with E-state index in [4.69, 9.17) is 9.68 Å². The Balaban J connectivity index is 1.32. The number of anilines is 1. The van der Waals surface area contributed by atoms with Gasteiger partial charge in [-0.05, 0) is 43.0 Å². The molecule has 1 aliphatic rings. The number of sulfone groups is 1. The molecule has 0 amide bonds. The predicted octanol–water partition coefficient (Wildman–Crippen LogP) is 3.25. The molecule has 4 aromatic rings. The summed E-state index contributed by atoms with van der Waals surface area (Å²) in [6.07, 6.45) is 6.33. The van der Waals surface area contributed by atoms with E-state index in [2.05, 4.69) is 20.3 Å². The van der Waals surface area contributed by atoms with Crippen LogP contribution in [-0.4, -0.2) is 40.3 Å². The van der Waals surface area contributed by atoms with Gasteiger partial charge in [-0.3, -0.25) is 0 Å². The SMILES string of the molecule is N#Cc1cccc(S(=O)(=O)CC2CC(Nc3c(-c4ncc(CO)o4)cnc4[nH]ccc34)C2)c1. The summed E-state index contributed by atoms with van der Waals surface area (Å²) in [6.45, 7) is -0.244. The number of aromatic nitrogens is 3. The maximum absolute atomic E-state index is 12.8. The van der Waals surface area contributed by atoms with Crippen molar-refractivity contribution < 1.29 is 17.9 Å². The van der Waals surface area contributed by atoms with Crippen LogP contribution in [-0.2, 0) is 16.4 Å². The highest BCUT2D eigenvalue weighted by Gasteiger charge is 2.34. The zero-order chi connectivity index (χ0) is 23.0. The number of pyridine rings is 1. The van der Waals surface area contributed by atoms with Crippen LogP contribution in [0.3, 0.4) is 0 Å². The van der Waals surface area contributed by atoms with E-state index in [9.17, 15) is 13.5 Å². The molecule has 0 aliphatic heterocycles. The summed E-state index contributed by atoms with van der Waals surface area (Å²) in [6, 6.07) is 10.1. The first kappa shape index (κ1) is 21.2. The van der Waals surface area contributed by atoms with Gasteiger partial charge < -0.3 is 19.8 Å². The second-order valence-electron chi connectivity index (χ2n) is 8.18. The van der Waals surface area contributed by atoms with Crippen molar-refractivity contribution in [3.63, 3.8) is 0 Å². The van der Waals surface area contributed by atoms with Gasteiger partial charge in [0.1, 0.15) is 18.0 Å². The van der Waals surface area contributed by atoms with Crippen molar-refractivity contribution >= 4 is 26.6 Å². The molecular formula is C23H21N5O4S. The number of hydrogen-bond acceptors (Lipinski definition) is 8. The maximum Gasteiger partial charge on any atom is 0.230 e. The minimum Gasteiger partial charge on any atom is -0.439 e. The molecule has 5 rings (SSSR count). The number of hydrogen-bond donors (Lipinski definition) is 3. The van der Waals surface area contributed by atoms with Crippen molar-refractivity contribution in [1.82, 2.24) is 15.0 Å². The monoisotopic (exact) mass is 463 g/mol. The van der Waals surface area contributed by atoms with Gasteiger partial charge in [0.05, 0.1) is 39.7 Å². The fourth-order valence-corrected chi connectivity index (χ4v) is 5.87. The molecule has 1 saturated carbocycles. The number of nitrogens with one attached hydrogen (secondary N) is 2. The largest absolute Gasteiger partial charge is 0.439 e. The number of aromatic amines is 1. The zero-order valence-electron chi connectivity index (χ0n) is 17.5. The molecule has 168 valence electrons. The summed E-state index contributed by atoms with van der Waals surface area (Å²) in [4.78, 5) is 11.9. The standard InChI is InChI=1S/C23H21N5O4S/c24-9-14-2-1-3-18(8-14)33(30,31)13-15-6-16(7-15)28-21-19-4-5-25-22(19)26-11-20(21)23-27-10-17(12-29)32-23/h1-5,8,10-11,15-16,29H,6-7,12-13H2,(H2,25,26,28). The smallest absolute Gasteiger partial charge is 0.230 e. The number of H-pyrrole nitrogens is 1. The molecule has 0 atom stereocenters. The van der Waals surface area contributed by atoms with Gasteiger partial charge in [-0.2, -0.15) is 5.26 Å². The van der Waals surface area contributed by atoms with Crippen LogP contribution in [0, 0.1) is 17.2 Å². The summed E-state index contributed by atoms with van der Waals surface area (Å²) in [5.41, 5.74) is 2.53. The van der Waals surface area contributed by atoms with Crippen molar-refractivity contribution in [3.05, 3.63) is 60.2 Å². The first-order chi connectivity index (χ1) is 16.0. The van der Waals surface area contributed by atoms with Crippen molar-refractivity contribution in [2.24, 2.45) is 5.92 Å². The van der Waals surface area contributed by atoms with Gasteiger partial charge in [0, 0.05) is 23.8 Å². The van der Waals surface area contributed by atoms with Crippen LogP contribution >= 0.6 is 0 Å². The molecule has 33 heavy (non-hydrogen) atoms. The van der Waals surface area contributed by atoms with Gasteiger partial charge in [-0.15, -0.1) is 0 Å². The van der Waals surface area contributed by atoms with E-state index >= 15 is 0 Å². The van der Waals surface area contributed by atoms with Gasteiger partial charge in [-0.25, -0.2) is 18.4 Å². The molecule has 0 radical (unpaired) electrons. The third kappa shape index (κ3) is 4.08. The van der Waals surface area contributed by atoms with E-state index < -0.39 is 9.84 Å². The van der Waals surface area contributed by atoms with Crippen molar-refractivity contribution in [3.8, 4) is 17.5 Å². The molecule has 0 spiro atoms. The number of aliphatic hydroxyl groups excluding tert-OH is 1. The highest BCUT2D eigenvalue weighted by molar-refractivity contribution is 7.91. The summed E-state index contributed by atoms with van der Waals surface area (Å²) in [5, 5.41) is 22.7. The van der Waals surface area contributed by atoms with E-state index in [1.807, 2.05) is 12.1 Å². The molecule has 1 aliphatic carbocycles. The molecule has 0 saturated heterocycles. The van der Waals surface area contributed by atoms with Crippen molar-refractivity contribution in [2.45, 2.75) is 30.4 Å². The average Bonchev–Trinajstić information content (AvgIpc) is 3.47. The molecule has 0 bridgehead atoms. The van der Waals surface area contributed by atoms with Crippen LogP contribution in [0.15, 0.2) is 58.2 Å². The molecule has 1 fully saturated rings. The molecule has 3 N–H and O–H groups in total. The Morgan fingerprint density at radius 1 is 1.24 bits per heavy atom. The summed E-state index contributed by atoms with van der Waals surface area (Å²) in [5.74, 6) is 0.781. The van der Waals surface area contributed by atoms with Crippen LogP contribution < -0.4 is 5.32 Å². The van der Waals surface area contributed by atoms with E-state index in [-0.39, 0.29) is 29.2 Å². The second-order valence-corrected chi connectivity index (χ2v) is 10.2. The highest BCUT2D eigenvalue weighted by atomic mass is 32.2. The fourth-order valence-electron chi connectivity index (χ4n) is 4.19. The highest BCUT2D eigenvalue weighted by Crippen LogP contribution is 2.38. The Hall–Kier alpha value is -3.68. The Morgan fingerprint density at radius 2 is 2.09 bits per heavy atom. The lowest BCUT2D eigenvalue weighted by atomic mass is 9.81. The van der Waals surface area contributed by atoms with Crippen LogP contribution in [0.5, 0.6) is 0 Å². The number of rotatable bonds is 7. The van der Waals surface area contributed by atoms with E-state index in [1.54, 1.807) is 24.5 Å². The molecular weight excluding hydrogens is 442 g/mol. The lowest BCUT2D eigenvalue weighted by molar-refractivity contribution is 0.248. The molecule has 0 unspecified atom stereocenters. The molecule has 10 heteroatoms. The van der Waals surface area contributed by atoms with Gasteiger partial charge in [0.25, 0.3) is 0 Å². The first-order valence-electron chi connectivity index (χ1n) is 10.5. The Morgan fingerprint density at radius 3 is 2.85 bits per heavy atom. The summed E-state index contributed by atoms with van der Waals surface area (Å²) in [7, 11) is -3.47. The van der Waals surface area contributed by atoms with Gasteiger partial charge in [-0.1, -0.05) is 6.07 Å². The predicted molar refractivity (Wildman–Crippen MR) is 121 cm³/mol. The van der Waals surface area contributed by atoms with Crippen LogP contribution in [0.1, 0.15) is 24.2 Å². The number of nitrogens with zero attached hydrogens (tertiary/aromatic N) is 3. The normalized spacial score (nSPS) is 18.1. The summed E-state index contributed by atoms with van der Waals surface area (Å²) >= 11 is 0. The minimum atomic E-state index is -3.47. The third-order valence-electron chi connectivity index (χ3n) is 5.89. The molecule has 3 aromatic heterocycles. The maximum atomic E-state index is 12.8. The second kappa shape index (κ2) is 8.35. The van der Waals surface area contributed by atoms with Gasteiger partial charge >= 0.3 is 0 Å². The van der Waals surface area contributed by atoms with Gasteiger partial charge in [0.15, 0.2) is 9.84 Å². The quantitative estimate of drug-likeness (QED) is 0.379. The molecule has 3 heterocycles. The van der Waals surface area contributed by atoms with Gasteiger partial charge in [0.2, 0.25) is 5.89 Å². The van der Waals surface area contributed by atoms with Crippen LogP contribution in [0.2, 0.25) is 0 Å². The van der Waals surface area contributed by atoms with E-state index in [0.29, 0.717) is 41.3 Å². The van der Waals surface area contributed by atoms with Crippen LogP contribution in [0.25, 0.3) is 22.5 Å². The number of fused-ring (bicyclic) bond motifs is 1. The van der Waals surface area contributed by atoms with Crippen LogP contribution in [0.4, 0.5) is 5.69 Å². The molecule has 1 aromatic carbocycles. The Kier molecular flexibility index (Phi) is 5.36. The lowest BCUT2D eigenvalue weighted by Gasteiger charge is -2.36. The molecule has 9 nitrogen and oxygen atoms in total. The van der Waals surface area contributed by atoms with E-state index in [0.717, 1.165) is 11.1 Å². The first-order valence-corrected chi connectivity index (χ1v) is 12.1. The topological polar surface area (TPSA) is 145 Å². The average molecular weight is 464 g/mol. The lowest BCUT2D eigenvalue weighted by Crippen LogP contribution is -2.39. The Bertz CT molecular complexity index is 1460. The number of aliphatic hydroxyl groups is 1. The number of benzene rings is 1. The van der Waals surface area contributed by atoms with E-state index in [1.165, 1.54) is 18.3 Å². The minimum absolute atomic E-state index is 0.0213. The number of oxazole rings is 1. The zero-order valence-corrected chi connectivity index (χ0v) is 18.3. The Labute approximate surface area is 190 Å². The fraction of sp³-hybridized carbons (Fsp3) is 0.261. The van der Waals surface area contributed by atoms with Crippen molar-refractivity contribution in [1.29, 1.82) is 5.26 Å². The summed E-state index contributed by atoms with van der Waals surface area (Å²) < 4.78 is 31.2. The number of nitriles is 1. The van der Waals surface area contributed by atoms with Crippen molar-refractivity contribution in [2.75, 3.05) is 11.1 Å². The third-order valence-corrected chi connectivity index (χ3v) is 7.77.